The number of para-hydroxylation sites is 1. The predicted molar refractivity (Wildman–Crippen MR) is 82.8 cm³/mol. The van der Waals surface area contributed by atoms with E-state index in [4.69, 9.17) is 4.74 Å². The standard InChI is InChI=1S/C17H19NO3/c1-3-18(16-11-14(19)10-9-13(16)2)17(20)12-21-15-7-5-4-6-8-15/h4-11,19H,3,12H2,1-2H3. The maximum atomic E-state index is 12.3. The van der Waals surface area contributed by atoms with Gasteiger partial charge in [-0.25, -0.2) is 0 Å². The predicted octanol–water partition coefficient (Wildman–Crippen LogP) is 3.13. The van der Waals surface area contributed by atoms with E-state index >= 15 is 0 Å². The van der Waals surface area contributed by atoms with Gasteiger partial charge >= 0.3 is 0 Å². The van der Waals surface area contributed by atoms with Gasteiger partial charge in [0.2, 0.25) is 0 Å². The topological polar surface area (TPSA) is 49.8 Å². The number of amides is 1. The van der Waals surface area contributed by atoms with Crippen LogP contribution in [0.25, 0.3) is 0 Å². The van der Waals surface area contributed by atoms with Crippen LogP contribution in [0.3, 0.4) is 0 Å². The fourth-order valence-electron chi connectivity index (χ4n) is 2.11. The van der Waals surface area contributed by atoms with Gasteiger partial charge in [-0.15, -0.1) is 0 Å². The van der Waals surface area contributed by atoms with E-state index < -0.39 is 0 Å². The highest BCUT2D eigenvalue weighted by atomic mass is 16.5. The number of likely N-dealkylation sites (N-methyl/N-ethyl adjacent to an activating group) is 1. The van der Waals surface area contributed by atoms with Gasteiger partial charge in [0.1, 0.15) is 11.5 Å². The first-order valence-corrected chi connectivity index (χ1v) is 6.89. The van der Waals surface area contributed by atoms with Crippen LogP contribution >= 0.6 is 0 Å². The Morgan fingerprint density at radius 2 is 1.90 bits per heavy atom. The van der Waals surface area contributed by atoms with E-state index in [-0.39, 0.29) is 18.3 Å². The Morgan fingerprint density at radius 3 is 2.57 bits per heavy atom. The van der Waals surface area contributed by atoms with E-state index in [1.54, 1.807) is 23.1 Å². The Balaban J connectivity index is 2.10. The van der Waals surface area contributed by atoms with Crippen molar-refractivity contribution in [3.8, 4) is 11.5 Å². The second-order valence-corrected chi connectivity index (χ2v) is 4.71. The largest absolute Gasteiger partial charge is 0.508 e. The first-order chi connectivity index (χ1) is 10.1. The Hall–Kier alpha value is -2.49. The molecule has 0 heterocycles. The zero-order valence-corrected chi connectivity index (χ0v) is 12.2. The second-order valence-electron chi connectivity index (χ2n) is 4.71. The number of anilines is 1. The molecule has 0 radical (unpaired) electrons. The number of aromatic hydroxyl groups is 1. The molecule has 0 unspecified atom stereocenters. The van der Waals surface area contributed by atoms with Crippen molar-refractivity contribution in [3.63, 3.8) is 0 Å². The lowest BCUT2D eigenvalue weighted by Gasteiger charge is -2.23. The Bertz CT molecular complexity index is 611. The molecule has 0 aliphatic rings. The number of rotatable bonds is 5. The van der Waals surface area contributed by atoms with Crippen LogP contribution in [0.15, 0.2) is 48.5 Å². The van der Waals surface area contributed by atoms with Crippen LogP contribution in [0.4, 0.5) is 5.69 Å². The number of ether oxygens (including phenoxy) is 1. The lowest BCUT2D eigenvalue weighted by molar-refractivity contribution is -0.120. The first kappa shape index (κ1) is 14.9. The summed E-state index contributed by atoms with van der Waals surface area (Å²) in [5.74, 6) is 0.662. The molecule has 0 aromatic heterocycles. The molecule has 21 heavy (non-hydrogen) atoms. The summed E-state index contributed by atoms with van der Waals surface area (Å²) in [5, 5.41) is 9.60. The summed E-state index contributed by atoms with van der Waals surface area (Å²) in [6, 6.07) is 14.2. The molecule has 0 bridgehead atoms. The molecule has 2 aromatic rings. The minimum Gasteiger partial charge on any atom is -0.508 e. The molecule has 0 spiro atoms. The van der Waals surface area contributed by atoms with Crippen molar-refractivity contribution in [2.24, 2.45) is 0 Å². The molecule has 4 nitrogen and oxygen atoms in total. The van der Waals surface area contributed by atoms with Crippen molar-refractivity contribution < 1.29 is 14.6 Å². The number of aryl methyl sites for hydroxylation is 1. The van der Waals surface area contributed by atoms with Crippen molar-refractivity contribution in [1.29, 1.82) is 0 Å². The van der Waals surface area contributed by atoms with Crippen LogP contribution in [0.2, 0.25) is 0 Å². The van der Waals surface area contributed by atoms with E-state index in [0.29, 0.717) is 18.0 Å². The van der Waals surface area contributed by atoms with Crippen molar-refractivity contribution in [1.82, 2.24) is 0 Å². The van der Waals surface area contributed by atoms with E-state index in [2.05, 4.69) is 0 Å². The van der Waals surface area contributed by atoms with Crippen molar-refractivity contribution >= 4 is 11.6 Å². The van der Waals surface area contributed by atoms with Gasteiger partial charge in [0.15, 0.2) is 6.61 Å². The number of carbonyl (C=O) groups excluding carboxylic acids is 1. The SMILES string of the molecule is CCN(C(=O)COc1ccccc1)c1cc(O)ccc1C. The average molecular weight is 285 g/mol. The fraction of sp³-hybridized carbons (Fsp3) is 0.235. The van der Waals surface area contributed by atoms with Crippen LogP contribution in [0.5, 0.6) is 11.5 Å². The number of hydrogen-bond acceptors (Lipinski definition) is 3. The normalized spacial score (nSPS) is 10.2. The number of nitrogens with zero attached hydrogens (tertiary/aromatic N) is 1. The quantitative estimate of drug-likeness (QED) is 0.918. The van der Waals surface area contributed by atoms with E-state index in [9.17, 15) is 9.90 Å². The smallest absolute Gasteiger partial charge is 0.264 e. The first-order valence-electron chi connectivity index (χ1n) is 6.89. The van der Waals surface area contributed by atoms with Crippen molar-refractivity contribution in [2.75, 3.05) is 18.1 Å². The van der Waals surface area contributed by atoms with Gasteiger partial charge < -0.3 is 14.7 Å². The highest BCUT2D eigenvalue weighted by Gasteiger charge is 2.17. The lowest BCUT2D eigenvalue weighted by atomic mass is 10.1. The number of hydrogen-bond donors (Lipinski definition) is 1. The van der Waals surface area contributed by atoms with Crippen LogP contribution in [0, 0.1) is 6.92 Å². The summed E-state index contributed by atoms with van der Waals surface area (Å²) in [6.45, 7) is 4.28. The maximum Gasteiger partial charge on any atom is 0.264 e. The van der Waals surface area contributed by atoms with Crippen LogP contribution in [-0.4, -0.2) is 24.2 Å². The summed E-state index contributed by atoms with van der Waals surface area (Å²) < 4.78 is 5.49. The highest BCUT2D eigenvalue weighted by Crippen LogP contribution is 2.25. The maximum absolute atomic E-state index is 12.3. The molecule has 0 fully saturated rings. The summed E-state index contributed by atoms with van der Waals surface area (Å²) >= 11 is 0. The van der Waals surface area contributed by atoms with Crippen molar-refractivity contribution in [3.05, 3.63) is 54.1 Å². The van der Waals surface area contributed by atoms with Gasteiger partial charge in [-0.05, 0) is 37.6 Å². The zero-order valence-electron chi connectivity index (χ0n) is 12.2. The molecule has 110 valence electrons. The third-order valence-electron chi connectivity index (χ3n) is 3.21. The number of phenolic OH excluding ortho intramolecular Hbond substituents is 1. The molecule has 0 aliphatic heterocycles. The molecule has 1 amide bonds. The van der Waals surface area contributed by atoms with Crippen LogP contribution in [0.1, 0.15) is 12.5 Å². The molecule has 2 aromatic carbocycles. The van der Waals surface area contributed by atoms with Gasteiger partial charge in [-0.2, -0.15) is 0 Å². The third-order valence-corrected chi connectivity index (χ3v) is 3.21. The minimum atomic E-state index is -0.143. The van der Waals surface area contributed by atoms with Crippen LogP contribution in [-0.2, 0) is 4.79 Å². The van der Waals surface area contributed by atoms with Gasteiger partial charge in [0.05, 0.1) is 5.69 Å². The number of benzene rings is 2. The molecule has 4 heteroatoms. The molecule has 0 saturated heterocycles. The van der Waals surface area contributed by atoms with Crippen molar-refractivity contribution in [2.45, 2.75) is 13.8 Å². The Kier molecular flexibility index (Phi) is 4.82. The molecule has 0 aliphatic carbocycles. The van der Waals surface area contributed by atoms with Gasteiger partial charge in [0, 0.05) is 12.6 Å². The monoisotopic (exact) mass is 285 g/mol. The lowest BCUT2D eigenvalue weighted by Crippen LogP contribution is -2.35. The van der Waals surface area contributed by atoms with Gasteiger partial charge in [-0.1, -0.05) is 24.3 Å². The highest BCUT2D eigenvalue weighted by molar-refractivity contribution is 5.95. The molecule has 0 atom stereocenters. The molecule has 2 rings (SSSR count). The summed E-state index contributed by atoms with van der Waals surface area (Å²) in [4.78, 5) is 13.9. The molecule has 1 N–H and O–H groups in total. The van der Waals surface area contributed by atoms with Gasteiger partial charge in [0.25, 0.3) is 5.91 Å². The van der Waals surface area contributed by atoms with Gasteiger partial charge in [-0.3, -0.25) is 4.79 Å². The fourth-order valence-corrected chi connectivity index (χ4v) is 2.11. The second kappa shape index (κ2) is 6.79. The summed E-state index contributed by atoms with van der Waals surface area (Å²) in [6.07, 6.45) is 0. The minimum absolute atomic E-state index is 0.0348. The Morgan fingerprint density at radius 1 is 1.19 bits per heavy atom. The zero-order chi connectivity index (χ0) is 15.2. The van der Waals surface area contributed by atoms with E-state index in [1.807, 2.05) is 44.2 Å². The van der Waals surface area contributed by atoms with E-state index in [0.717, 1.165) is 5.56 Å². The molecular formula is C17H19NO3. The molecule has 0 saturated carbocycles. The van der Waals surface area contributed by atoms with E-state index in [1.165, 1.54) is 0 Å². The molecular weight excluding hydrogens is 266 g/mol. The number of carbonyl (C=O) groups is 1. The van der Waals surface area contributed by atoms with Crippen LogP contribution < -0.4 is 9.64 Å². The summed E-state index contributed by atoms with van der Waals surface area (Å²) in [7, 11) is 0. The Labute approximate surface area is 124 Å². The summed E-state index contributed by atoms with van der Waals surface area (Å²) in [5.41, 5.74) is 1.64. The number of phenols is 1. The average Bonchev–Trinajstić information content (AvgIpc) is 2.50. The third kappa shape index (κ3) is 3.75.